The van der Waals surface area contributed by atoms with E-state index in [9.17, 15) is 0 Å². The van der Waals surface area contributed by atoms with Crippen LogP contribution in [0.4, 0.5) is 0 Å². The van der Waals surface area contributed by atoms with Crippen LogP contribution in [0.3, 0.4) is 0 Å². The van der Waals surface area contributed by atoms with Crippen molar-refractivity contribution in [1.82, 2.24) is 15.5 Å². The van der Waals surface area contributed by atoms with Gasteiger partial charge in [0, 0.05) is 19.6 Å². The van der Waals surface area contributed by atoms with Crippen LogP contribution < -0.4 is 5.32 Å². The fraction of sp³-hybridized carbons (Fsp3) is 0.500. The van der Waals surface area contributed by atoms with Gasteiger partial charge in [-0.25, -0.2) is 0 Å². The topological polar surface area (TPSA) is 60.2 Å². The standard InChI is InChI=1S/C16H23N3O2/c1-2-10-20-11-6-9-17-13-16-18-15(19-21-16)12-14-7-4-3-5-8-14/h3-5,7-8,17H,2,6,9-13H2,1H3. The first kappa shape index (κ1) is 15.7. The lowest BCUT2D eigenvalue weighted by Crippen LogP contribution is -2.16. The summed E-state index contributed by atoms with van der Waals surface area (Å²) in [5.74, 6) is 1.36. The molecule has 1 N–H and O–H groups in total. The van der Waals surface area contributed by atoms with Crippen molar-refractivity contribution in [3.63, 3.8) is 0 Å². The first-order chi connectivity index (χ1) is 10.4. The highest BCUT2D eigenvalue weighted by Crippen LogP contribution is 2.06. The third-order valence-electron chi connectivity index (χ3n) is 2.98. The third-order valence-corrected chi connectivity index (χ3v) is 2.98. The number of hydrogen-bond acceptors (Lipinski definition) is 5. The molecular formula is C16H23N3O2. The molecular weight excluding hydrogens is 266 g/mol. The van der Waals surface area contributed by atoms with Crippen molar-refractivity contribution >= 4 is 0 Å². The Kier molecular flexibility index (Phi) is 6.91. The molecule has 0 bridgehead atoms. The Morgan fingerprint density at radius 1 is 1.19 bits per heavy atom. The van der Waals surface area contributed by atoms with Gasteiger partial charge in [0.2, 0.25) is 5.89 Å². The van der Waals surface area contributed by atoms with Crippen LogP contribution in [0, 0.1) is 0 Å². The quantitative estimate of drug-likeness (QED) is 0.681. The fourth-order valence-corrected chi connectivity index (χ4v) is 1.95. The van der Waals surface area contributed by atoms with Crippen molar-refractivity contribution in [2.45, 2.75) is 32.7 Å². The van der Waals surface area contributed by atoms with Gasteiger partial charge >= 0.3 is 0 Å². The molecule has 2 aromatic rings. The Hall–Kier alpha value is -1.72. The molecule has 2 rings (SSSR count). The van der Waals surface area contributed by atoms with E-state index in [4.69, 9.17) is 9.26 Å². The van der Waals surface area contributed by atoms with Gasteiger partial charge in [-0.1, -0.05) is 42.4 Å². The van der Waals surface area contributed by atoms with Crippen LogP contribution in [0.2, 0.25) is 0 Å². The molecule has 0 unspecified atom stereocenters. The zero-order valence-corrected chi connectivity index (χ0v) is 12.5. The van der Waals surface area contributed by atoms with Gasteiger partial charge in [-0.05, 0) is 24.9 Å². The maximum atomic E-state index is 5.41. The van der Waals surface area contributed by atoms with Gasteiger partial charge in [0.05, 0.1) is 6.54 Å². The molecule has 1 aromatic heterocycles. The molecule has 0 saturated carbocycles. The smallest absolute Gasteiger partial charge is 0.240 e. The molecule has 1 heterocycles. The van der Waals surface area contributed by atoms with E-state index >= 15 is 0 Å². The molecule has 0 aliphatic heterocycles. The monoisotopic (exact) mass is 289 g/mol. The summed E-state index contributed by atoms with van der Waals surface area (Å²) in [7, 11) is 0. The van der Waals surface area contributed by atoms with E-state index < -0.39 is 0 Å². The molecule has 0 saturated heterocycles. The van der Waals surface area contributed by atoms with Crippen molar-refractivity contribution in [2.24, 2.45) is 0 Å². The van der Waals surface area contributed by atoms with Crippen molar-refractivity contribution in [3.8, 4) is 0 Å². The zero-order valence-electron chi connectivity index (χ0n) is 12.5. The lowest BCUT2D eigenvalue weighted by atomic mass is 10.1. The number of aromatic nitrogens is 2. The maximum absolute atomic E-state index is 5.41. The van der Waals surface area contributed by atoms with Crippen LogP contribution in [-0.4, -0.2) is 29.9 Å². The largest absolute Gasteiger partial charge is 0.381 e. The first-order valence-corrected chi connectivity index (χ1v) is 7.52. The van der Waals surface area contributed by atoms with Crippen LogP contribution in [-0.2, 0) is 17.7 Å². The van der Waals surface area contributed by atoms with Crippen molar-refractivity contribution in [2.75, 3.05) is 19.8 Å². The summed E-state index contributed by atoms with van der Waals surface area (Å²) in [4.78, 5) is 4.38. The van der Waals surface area contributed by atoms with Gasteiger partial charge in [-0.3, -0.25) is 0 Å². The van der Waals surface area contributed by atoms with Gasteiger partial charge in [-0.15, -0.1) is 0 Å². The van der Waals surface area contributed by atoms with E-state index in [-0.39, 0.29) is 0 Å². The number of rotatable bonds is 10. The highest BCUT2D eigenvalue weighted by Gasteiger charge is 2.06. The summed E-state index contributed by atoms with van der Waals surface area (Å²) in [5, 5.41) is 7.28. The number of ether oxygens (including phenoxy) is 1. The van der Waals surface area contributed by atoms with E-state index in [1.165, 1.54) is 5.56 Å². The van der Waals surface area contributed by atoms with E-state index in [0.717, 1.165) is 38.4 Å². The van der Waals surface area contributed by atoms with Gasteiger partial charge in [0.25, 0.3) is 0 Å². The predicted molar refractivity (Wildman–Crippen MR) is 81.0 cm³/mol. The lowest BCUT2D eigenvalue weighted by molar-refractivity contribution is 0.132. The molecule has 0 atom stereocenters. The van der Waals surface area contributed by atoms with E-state index in [2.05, 4.69) is 34.5 Å². The Bertz CT molecular complexity index is 499. The normalized spacial score (nSPS) is 10.9. The minimum Gasteiger partial charge on any atom is -0.381 e. The summed E-state index contributed by atoms with van der Waals surface area (Å²) < 4.78 is 10.6. The summed E-state index contributed by atoms with van der Waals surface area (Å²) in [6, 6.07) is 10.1. The maximum Gasteiger partial charge on any atom is 0.240 e. The van der Waals surface area contributed by atoms with E-state index in [0.29, 0.717) is 18.9 Å². The second-order valence-electron chi connectivity index (χ2n) is 4.91. The average molecular weight is 289 g/mol. The second-order valence-corrected chi connectivity index (χ2v) is 4.91. The van der Waals surface area contributed by atoms with Gasteiger partial charge in [-0.2, -0.15) is 4.98 Å². The number of nitrogens with zero attached hydrogens (tertiary/aromatic N) is 2. The Balaban J connectivity index is 1.64. The highest BCUT2D eigenvalue weighted by molar-refractivity contribution is 5.18. The number of benzene rings is 1. The molecule has 1 aromatic carbocycles. The van der Waals surface area contributed by atoms with Crippen LogP contribution in [0.1, 0.15) is 37.0 Å². The van der Waals surface area contributed by atoms with Crippen LogP contribution in [0.15, 0.2) is 34.9 Å². The third kappa shape index (κ3) is 6.06. The molecule has 5 heteroatoms. The molecule has 0 amide bonds. The Morgan fingerprint density at radius 2 is 2.05 bits per heavy atom. The molecule has 21 heavy (non-hydrogen) atoms. The van der Waals surface area contributed by atoms with E-state index in [1.54, 1.807) is 0 Å². The second kappa shape index (κ2) is 9.26. The van der Waals surface area contributed by atoms with Crippen molar-refractivity contribution in [1.29, 1.82) is 0 Å². The molecule has 0 fully saturated rings. The molecule has 5 nitrogen and oxygen atoms in total. The van der Waals surface area contributed by atoms with Gasteiger partial charge in [0.1, 0.15) is 0 Å². The van der Waals surface area contributed by atoms with Crippen molar-refractivity contribution < 1.29 is 9.26 Å². The molecule has 0 spiro atoms. The Labute approximate surface area is 125 Å². The van der Waals surface area contributed by atoms with Crippen LogP contribution in [0.5, 0.6) is 0 Å². The van der Waals surface area contributed by atoms with Gasteiger partial charge in [0.15, 0.2) is 5.82 Å². The van der Waals surface area contributed by atoms with Crippen LogP contribution in [0.25, 0.3) is 0 Å². The SMILES string of the molecule is CCCOCCCNCc1nc(Cc2ccccc2)no1. The highest BCUT2D eigenvalue weighted by atomic mass is 16.5. The van der Waals surface area contributed by atoms with Crippen LogP contribution >= 0.6 is 0 Å². The van der Waals surface area contributed by atoms with E-state index in [1.807, 2.05) is 18.2 Å². The average Bonchev–Trinajstić information content (AvgIpc) is 2.95. The summed E-state index contributed by atoms with van der Waals surface area (Å²) in [6.45, 7) is 5.24. The number of hydrogen-bond donors (Lipinski definition) is 1. The summed E-state index contributed by atoms with van der Waals surface area (Å²) >= 11 is 0. The lowest BCUT2D eigenvalue weighted by Gasteiger charge is -2.02. The molecule has 114 valence electrons. The predicted octanol–water partition coefficient (Wildman–Crippen LogP) is 2.57. The minimum absolute atomic E-state index is 0.607. The summed E-state index contributed by atoms with van der Waals surface area (Å²) in [5.41, 5.74) is 1.19. The molecule has 0 aliphatic carbocycles. The van der Waals surface area contributed by atoms with Crippen molar-refractivity contribution in [3.05, 3.63) is 47.6 Å². The summed E-state index contributed by atoms with van der Waals surface area (Å²) in [6.07, 6.45) is 2.76. The van der Waals surface area contributed by atoms with Gasteiger partial charge < -0.3 is 14.6 Å². The molecule has 0 radical (unpaired) electrons. The first-order valence-electron chi connectivity index (χ1n) is 7.52. The fourth-order valence-electron chi connectivity index (χ4n) is 1.95. The molecule has 0 aliphatic rings. The minimum atomic E-state index is 0.607. The number of nitrogens with one attached hydrogen (secondary N) is 1. The zero-order chi connectivity index (χ0) is 14.8. The Morgan fingerprint density at radius 3 is 2.86 bits per heavy atom.